The first-order valence-corrected chi connectivity index (χ1v) is 12.9. The highest BCUT2D eigenvalue weighted by molar-refractivity contribution is 6.74. The maximum absolute atomic E-state index is 12.8. The fourth-order valence-corrected chi connectivity index (χ4v) is 5.11. The van der Waals surface area contributed by atoms with Crippen molar-refractivity contribution in [2.45, 2.75) is 84.2 Å². The second kappa shape index (κ2) is 7.44. The van der Waals surface area contributed by atoms with E-state index >= 15 is 0 Å². The van der Waals surface area contributed by atoms with Crippen LogP contribution in [0.15, 0.2) is 0 Å². The maximum Gasteiger partial charge on any atom is 0.410 e. The second-order valence-electron chi connectivity index (χ2n) is 10.6. The van der Waals surface area contributed by atoms with Gasteiger partial charge in [-0.15, -0.1) is 0 Å². The van der Waals surface area contributed by atoms with E-state index in [9.17, 15) is 9.90 Å². The number of likely N-dealkylation sites (tertiary alicyclic amines) is 1. The summed E-state index contributed by atoms with van der Waals surface area (Å²) in [6.07, 6.45) is 1.88. The molecule has 26 heavy (non-hydrogen) atoms. The molecule has 1 amide bonds. The van der Waals surface area contributed by atoms with Crippen molar-refractivity contribution in [1.82, 2.24) is 4.90 Å². The number of carbonyl (C=O) groups excluding carboxylic acids is 1. The molecule has 1 aliphatic heterocycles. The fourth-order valence-electron chi connectivity index (χ4n) is 4.09. The quantitative estimate of drug-likeness (QED) is 0.735. The van der Waals surface area contributed by atoms with E-state index < -0.39 is 13.9 Å². The normalized spacial score (nSPS) is 29.8. The van der Waals surface area contributed by atoms with E-state index in [1.165, 1.54) is 0 Å². The molecule has 1 saturated carbocycles. The van der Waals surface area contributed by atoms with Crippen molar-refractivity contribution >= 4 is 14.4 Å². The summed E-state index contributed by atoms with van der Waals surface area (Å²) in [5.74, 6) is 1.03. The molecule has 152 valence electrons. The Labute approximate surface area is 160 Å². The van der Waals surface area contributed by atoms with Crippen LogP contribution in [0.4, 0.5) is 4.79 Å². The number of hydrogen-bond acceptors (Lipinski definition) is 4. The molecule has 0 aromatic heterocycles. The predicted octanol–water partition coefficient (Wildman–Crippen LogP) is 4.26. The third-order valence-corrected chi connectivity index (χ3v) is 11.1. The van der Waals surface area contributed by atoms with Crippen LogP contribution in [-0.2, 0) is 9.16 Å². The SMILES string of the molecule is CC(C)(C)OC(=O)N1C[C@@H]2CC[C@H](CO)[C@@H]2[C@H]1CO[Si](C)(C)C(C)(C)C. The Bertz CT molecular complexity index is 509. The van der Waals surface area contributed by atoms with Gasteiger partial charge in [0.2, 0.25) is 0 Å². The van der Waals surface area contributed by atoms with Gasteiger partial charge in [-0.25, -0.2) is 4.79 Å². The first-order chi connectivity index (χ1) is 11.8. The second-order valence-corrected chi connectivity index (χ2v) is 15.4. The van der Waals surface area contributed by atoms with Gasteiger partial charge in [-0.2, -0.15) is 0 Å². The molecule has 2 aliphatic rings. The third-order valence-electron chi connectivity index (χ3n) is 6.56. The summed E-state index contributed by atoms with van der Waals surface area (Å²) in [6.45, 7) is 18.4. The minimum absolute atomic E-state index is 0.00336. The van der Waals surface area contributed by atoms with E-state index in [1.54, 1.807) is 0 Å². The van der Waals surface area contributed by atoms with Gasteiger partial charge in [0, 0.05) is 13.2 Å². The highest BCUT2D eigenvalue weighted by Crippen LogP contribution is 2.47. The Balaban J connectivity index is 2.18. The van der Waals surface area contributed by atoms with Crippen LogP contribution in [-0.4, -0.2) is 55.8 Å². The molecule has 0 radical (unpaired) electrons. The topological polar surface area (TPSA) is 59.0 Å². The maximum atomic E-state index is 12.8. The standard InChI is InChI=1S/C20H39NO4Si/c1-19(2,3)25-18(23)21-11-14-9-10-15(12-22)17(14)16(21)13-24-26(7,8)20(4,5)6/h14-17,22H,9-13H2,1-8H3/t14-,15+,16+,17+/m0/s1. The number of fused-ring (bicyclic) bond motifs is 1. The van der Waals surface area contributed by atoms with E-state index in [1.807, 2.05) is 25.7 Å². The first kappa shape index (κ1) is 21.7. The van der Waals surface area contributed by atoms with Crippen LogP contribution in [0.3, 0.4) is 0 Å². The molecule has 0 unspecified atom stereocenters. The van der Waals surface area contributed by atoms with Crippen LogP contribution in [0.2, 0.25) is 18.1 Å². The number of carbonyl (C=O) groups is 1. The van der Waals surface area contributed by atoms with Crippen LogP contribution < -0.4 is 0 Å². The van der Waals surface area contributed by atoms with Crippen molar-refractivity contribution in [3.8, 4) is 0 Å². The molecule has 0 spiro atoms. The van der Waals surface area contributed by atoms with Gasteiger partial charge in [0.05, 0.1) is 12.6 Å². The molecule has 1 N–H and O–H groups in total. The summed E-state index contributed by atoms with van der Waals surface area (Å²) >= 11 is 0. The van der Waals surface area contributed by atoms with E-state index in [4.69, 9.17) is 9.16 Å². The van der Waals surface area contributed by atoms with Crippen LogP contribution in [0.25, 0.3) is 0 Å². The molecule has 0 aromatic rings. The summed E-state index contributed by atoms with van der Waals surface area (Å²) in [7, 11) is -1.90. The number of rotatable bonds is 4. The van der Waals surface area contributed by atoms with Gasteiger partial charge in [0.1, 0.15) is 5.60 Å². The van der Waals surface area contributed by atoms with E-state index in [0.29, 0.717) is 18.4 Å². The van der Waals surface area contributed by atoms with Crippen molar-refractivity contribution in [3.05, 3.63) is 0 Å². The smallest absolute Gasteiger partial charge is 0.410 e. The van der Waals surface area contributed by atoms with Crippen LogP contribution in [0.5, 0.6) is 0 Å². The lowest BCUT2D eigenvalue weighted by Crippen LogP contribution is -2.49. The summed E-state index contributed by atoms with van der Waals surface area (Å²) < 4.78 is 12.2. The number of ether oxygens (including phenoxy) is 1. The number of aliphatic hydroxyl groups excluding tert-OH is 1. The summed E-state index contributed by atoms with van der Waals surface area (Å²) in [4.78, 5) is 14.7. The molecule has 5 nitrogen and oxygen atoms in total. The number of aliphatic hydroxyl groups is 1. The van der Waals surface area contributed by atoms with Crippen molar-refractivity contribution in [2.24, 2.45) is 17.8 Å². The zero-order chi connectivity index (χ0) is 19.9. The monoisotopic (exact) mass is 385 g/mol. The van der Waals surface area contributed by atoms with Crippen LogP contribution in [0, 0.1) is 17.8 Å². The van der Waals surface area contributed by atoms with E-state index in [0.717, 1.165) is 19.4 Å². The molecule has 2 rings (SSSR count). The summed E-state index contributed by atoms with van der Waals surface area (Å²) in [6, 6.07) is 0.00336. The number of nitrogens with zero attached hydrogens (tertiary/aromatic N) is 1. The molecule has 2 fully saturated rings. The third kappa shape index (κ3) is 4.63. The van der Waals surface area contributed by atoms with Crippen molar-refractivity contribution < 1.29 is 19.1 Å². The lowest BCUT2D eigenvalue weighted by Gasteiger charge is -2.39. The molecule has 1 heterocycles. The molecule has 6 heteroatoms. The minimum Gasteiger partial charge on any atom is -0.444 e. The Morgan fingerprint density at radius 1 is 1.15 bits per heavy atom. The van der Waals surface area contributed by atoms with Gasteiger partial charge < -0.3 is 19.2 Å². The fraction of sp³-hybridized carbons (Fsp3) is 0.950. The Morgan fingerprint density at radius 3 is 2.27 bits per heavy atom. The average Bonchev–Trinajstić information content (AvgIpc) is 3.00. The highest BCUT2D eigenvalue weighted by Gasteiger charge is 2.52. The van der Waals surface area contributed by atoms with Gasteiger partial charge in [-0.05, 0) is 69.5 Å². The molecular formula is C20H39NO4Si. The zero-order valence-electron chi connectivity index (χ0n) is 18.0. The largest absolute Gasteiger partial charge is 0.444 e. The Morgan fingerprint density at radius 2 is 1.77 bits per heavy atom. The van der Waals surface area contributed by atoms with Crippen molar-refractivity contribution in [2.75, 3.05) is 19.8 Å². The molecule has 0 aromatic carbocycles. The van der Waals surface area contributed by atoms with Crippen LogP contribution in [0.1, 0.15) is 54.4 Å². The number of hydrogen-bond donors (Lipinski definition) is 1. The summed E-state index contributed by atoms with van der Waals surface area (Å²) in [5.41, 5.74) is -0.504. The molecule has 0 bridgehead atoms. The predicted molar refractivity (Wildman–Crippen MR) is 107 cm³/mol. The Kier molecular flexibility index (Phi) is 6.21. The van der Waals surface area contributed by atoms with Crippen molar-refractivity contribution in [1.29, 1.82) is 0 Å². The van der Waals surface area contributed by atoms with Crippen molar-refractivity contribution in [3.63, 3.8) is 0 Å². The van der Waals surface area contributed by atoms with E-state index in [-0.39, 0.29) is 29.7 Å². The lowest BCUT2D eigenvalue weighted by atomic mass is 9.87. The van der Waals surface area contributed by atoms with Gasteiger partial charge in [0.15, 0.2) is 8.32 Å². The molecular weight excluding hydrogens is 346 g/mol. The minimum atomic E-state index is -1.90. The zero-order valence-corrected chi connectivity index (χ0v) is 19.0. The average molecular weight is 386 g/mol. The van der Waals surface area contributed by atoms with Gasteiger partial charge in [-0.3, -0.25) is 0 Å². The molecule has 1 saturated heterocycles. The lowest BCUT2D eigenvalue weighted by molar-refractivity contribution is 0.0115. The van der Waals surface area contributed by atoms with Crippen LogP contribution >= 0.6 is 0 Å². The first-order valence-electron chi connectivity index (χ1n) is 10.0. The van der Waals surface area contributed by atoms with Gasteiger partial charge in [-0.1, -0.05) is 20.8 Å². The van der Waals surface area contributed by atoms with E-state index in [2.05, 4.69) is 33.9 Å². The molecule has 4 atom stereocenters. The Hall–Kier alpha value is -0.593. The number of amides is 1. The molecule has 1 aliphatic carbocycles. The highest BCUT2D eigenvalue weighted by atomic mass is 28.4. The summed E-state index contributed by atoms with van der Waals surface area (Å²) in [5, 5.41) is 9.97. The van der Waals surface area contributed by atoms with Gasteiger partial charge >= 0.3 is 6.09 Å². The van der Waals surface area contributed by atoms with Gasteiger partial charge in [0.25, 0.3) is 0 Å².